The van der Waals surface area contributed by atoms with Gasteiger partial charge in [0.2, 0.25) is 0 Å². The SMILES string of the molecule is CCCCCCCCCCCCCOS(=O)(=O)O.N.O=S(=O)(O)O.[H-].[Na+]. The van der Waals surface area contributed by atoms with Gasteiger partial charge >= 0.3 is 50.4 Å². The predicted octanol–water partition coefficient (Wildman–Crippen LogP) is 0.743. The molecule has 0 saturated carbocycles. The number of hydrogen-bond donors (Lipinski definition) is 4. The molecule has 0 aliphatic carbocycles. The smallest absolute Gasteiger partial charge is 1.00 e. The molecule has 0 unspecified atom stereocenters. The third-order valence-electron chi connectivity index (χ3n) is 2.98. The van der Waals surface area contributed by atoms with Crippen LogP contribution >= 0.6 is 0 Å². The van der Waals surface area contributed by atoms with E-state index in [9.17, 15) is 8.42 Å². The molecule has 9 nitrogen and oxygen atoms in total. The molecular weight excluding hydrogens is 385 g/mol. The zero-order valence-corrected chi connectivity index (χ0v) is 19.0. The Hall–Kier alpha value is 0.700. The van der Waals surface area contributed by atoms with Crippen LogP contribution in [0.2, 0.25) is 0 Å². The summed E-state index contributed by atoms with van der Waals surface area (Å²) in [5.41, 5.74) is 0. The second-order valence-electron chi connectivity index (χ2n) is 5.23. The average Bonchev–Trinajstić information content (AvgIpc) is 2.37. The molecule has 0 aromatic heterocycles. The number of hydrogen-bond acceptors (Lipinski definition) is 6. The molecule has 0 aliphatic heterocycles. The Morgan fingerprint density at radius 3 is 1.28 bits per heavy atom. The Morgan fingerprint density at radius 1 is 0.720 bits per heavy atom. The summed E-state index contributed by atoms with van der Waals surface area (Å²) >= 11 is 0. The average molecular weight is 420 g/mol. The van der Waals surface area contributed by atoms with Crippen molar-refractivity contribution in [3.05, 3.63) is 0 Å². The van der Waals surface area contributed by atoms with Crippen LogP contribution in [0.1, 0.15) is 79.0 Å². The quantitative estimate of drug-likeness (QED) is 0.191. The molecule has 0 aromatic rings. The Kier molecular flexibility index (Phi) is 28.0. The van der Waals surface area contributed by atoms with Crippen LogP contribution in [0.4, 0.5) is 0 Å². The van der Waals surface area contributed by atoms with Gasteiger partial charge < -0.3 is 7.58 Å². The van der Waals surface area contributed by atoms with E-state index in [1.54, 1.807) is 0 Å². The first-order valence-corrected chi connectivity index (χ1v) is 10.6. The topological polar surface area (TPSA) is 173 Å². The van der Waals surface area contributed by atoms with Gasteiger partial charge in [-0.05, 0) is 6.42 Å². The van der Waals surface area contributed by atoms with Gasteiger partial charge in [-0.2, -0.15) is 16.8 Å². The van der Waals surface area contributed by atoms with Crippen LogP contribution in [0.25, 0.3) is 0 Å². The minimum atomic E-state index is -4.67. The van der Waals surface area contributed by atoms with E-state index in [-0.39, 0.29) is 43.7 Å². The fraction of sp³-hybridized carbons (Fsp3) is 1.00. The molecule has 0 heterocycles. The Morgan fingerprint density at radius 2 is 1.00 bits per heavy atom. The maximum absolute atomic E-state index is 10.2. The number of unbranched alkanes of at least 4 members (excludes halogenated alkanes) is 10. The summed E-state index contributed by atoms with van der Waals surface area (Å²) < 4.78 is 64.6. The molecule has 0 radical (unpaired) electrons. The van der Waals surface area contributed by atoms with E-state index >= 15 is 0 Å². The molecule has 0 aromatic carbocycles. The first kappa shape index (κ1) is 33.3. The Bertz CT molecular complexity index is 455. The largest absolute Gasteiger partial charge is 1.00 e. The van der Waals surface area contributed by atoms with Crippen LogP contribution in [-0.2, 0) is 25.0 Å². The van der Waals surface area contributed by atoms with E-state index in [1.807, 2.05) is 0 Å². The van der Waals surface area contributed by atoms with Gasteiger partial charge in [0, 0.05) is 0 Å². The van der Waals surface area contributed by atoms with Crippen LogP contribution in [0.15, 0.2) is 0 Å². The van der Waals surface area contributed by atoms with Crippen molar-refractivity contribution >= 4 is 20.8 Å². The zero-order chi connectivity index (χ0) is 18.2. The molecule has 0 bridgehead atoms. The zero-order valence-electron chi connectivity index (χ0n) is 16.4. The molecule has 152 valence electrons. The maximum Gasteiger partial charge on any atom is 1.00 e. The van der Waals surface area contributed by atoms with Crippen LogP contribution in [0.5, 0.6) is 0 Å². The van der Waals surface area contributed by atoms with Gasteiger partial charge in [-0.3, -0.25) is 13.7 Å². The van der Waals surface area contributed by atoms with Gasteiger partial charge in [-0.1, -0.05) is 71.1 Å². The Labute approximate surface area is 176 Å². The summed E-state index contributed by atoms with van der Waals surface area (Å²) in [6.07, 6.45) is 13.3. The van der Waals surface area contributed by atoms with Crippen molar-refractivity contribution in [3.8, 4) is 0 Å². The van der Waals surface area contributed by atoms with Gasteiger partial charge in [0.05, 0.1) is 6.61 Å². The molecule has 25 heavy (non-hydrogen) atoms. The van der Waals surface area contributed by atoms with Crippen molar-refractivity contribution in [2.75, 3.05) is 6.61 Å². The van der Waals surface area contributed by atoms with Crippen molar-refractivity contribution in [1.82, 2.24) is 6.15 Å². The van der Waals surface area contributed by atoms with Crippen LogP contribution in [0.3, 0.4) is 0 Å². The summed E-state index contributed by atoms with van der Waals surface area (Å²) in [6, 6.07) is 0. The first-order chi connectivity index (χ1) is 10.6. The number of rotatable bonds is 13. The molecular formula is C13H34NNaO8S2. The molecule has 0 amide bonds. The second kappa shape index (κ2) is 21.0. The molecule has 6 N–H and O–H groups in total. The molecule has 0 atom stereocenters. The predicted molar refractivity (Wildman–Crippen MR) is 94.3 cm³/mol. The van der Waals surface area contributed by atoms with E-state index in [1.165, 1.54) is 51.4 Å². The molecule has 0 aliphatic rings. The van der Waals surface area contributed by atoms with E-state index in [2.05, 4.69) is 11.1 Å². The molecule has 0 spiro atoms. The first-order valence-electron chi connectivity index (χ1n) is 7.88. The summed E-state index contributed by atoms with van der Waals surface area (Å²) in [5, 5.41) is 0. The summed E-state index contributed by atoms with van der Waals surface area (Å²) in [6.45, 7) is 2.32. The van der Waals surface area contributed by atoms with E-state index in [0.29, 0.717) is 6.42 Å². The second-order valence-corrected chi connectivity index (χ2v) is 7.22. The minimum absolute atomic E-state index is 0. The fourth-order valence-corrected chi connectivity index (χ4v) is 2.26. The minimum Gasteiger partial charge on any atom is -1.00 e. The summed E-state index contributed by atoms with van der Waals surface area (Å²) in [7, 11) is -8.90. The van der Waals surface area contributed by atoms with E-state index < -0.39 is 20.8 Å². The van der Waals surface area contributed by atoms with Gasteiger partial charge in [0.15, 0.2) is 0 Å². The monoisotopic (exact) mass is 419 g/mol. The van der Waals surface area contributed by atoms with E-state index in [0.717, 1.165) is 12.8 Å². The van der Waals surface area contributed by atoms with Crippen LogP contribution < -0.4 is 35.7 Å². The third-order valence-corrected chi connectivity index (χ3v) is 3.44. The van der Waals surface area contributed by atoms with Crippen molar-refractivity contribution in [1.29, 1.82) is 0 Å². The fourth-order valence-electron chi connectivity index (χ4n) is 1.93. The van der Waals surface area contributed by atoms with Crippen LogP contribution in [-0.4, -0.2) is 37.1 Å². The molecule has 0 fully saturated rings. The van der Waals surface area contributed by atoms with Gasteiger partial charge in [-0.25, -0.2) is 4.18 Å². The normalized spacial score (nSPS) is 10.9. The van der Waals surface area contributed by atoms with Crippen molar-refractivity contribution in [2.24, 2.45) is 0 Å². The van der Waals surface area contributed by atoms with Crippen LogP contribution in [0, 0.1) is 0 Å². The van der Waals surface area contributed by atoms with Crippen molar-refractivity contribution in [2.45, 2.75) is 77.6 Å². The van der Waals surface area contributed by atoms with Gasteiger partial charge in [0.25, 0.3) is 0 Å². The Balaban J connectivity index is -0.000000162. The molecule has 12 heteroatoms. The molecule has 0 saturated heterocycles. The van der Waals surface area contributed by atoms with Crippen molar-refractivity contribution in [3.63, 3.8) is 0 Å². The van der Waals surface area contributed by atoms with Gasteiger partial charge in [-0.15, -0.1) is 0 Å². The molecule has 0 rings (SSSR count). The van der Waals surface area contributed by atoms with E-state index in [4.69, 9.17) is 22.1 Å². The third kappa shape index (κ3) is 51.6. The maximum atomic E-state index is 10.2. The standard InChI is InChI=1S/C13H28O4S.H3N.Na.H2O4S.H/c1-2-3-4-5-6-7-8-9-10-11-12-13-17-18(14,15)16;;;1-5(2,3)4;/h2-13H2,1H3,(H,14,15,16);1H3;;(H2,1,2,3,4);/q;;+1;;-1. The summed E-state index contributed by atoms with van der Waals surface area (Å²) in [5.74, 6) is 0. The van der Waals surface area contributed by atoms with Gasteiger partial charge in [0.1, 0.15) is 0 Å². The van der Waals surface area contributed by atoms with Crippen molar-refractivity contribution < 1.29 is 65.7 Å². The summed E-state index contributed by atoms with van der Waals surface area (Å²) in [4.78, 5) is 0.